The van der Waals surface area contributed by atoms with Crippen LogP contribution < -0.4 is 0 Å². The summed E-state index contributed by atoms with van der Waals surface area (Å²) >= 11 is 0. The maximum absolute atomic E-state index is 14.4. The molecule has 4 heteroatoms. The molecule has 4 nitrogen and oxygen atoms in total. The van der Waals surface area contributed by atoms with Gasteiger partial charge in [-0.15, -0.1) is 0 Å². The highest BCUT2D eigenvalue weighted by Gasteiger charge is 2.63. The molecule has 1 saturated heterocycles. The average Bonchev–Trinajstić information content (AvgIpc) is 3.66. The van der Waals surface area contributed by atoms with Crippen molar-refractivity contribution in [2.45, 2.75) is 5.54 Å². The van der Waals surface area contributed by atoms with Crippen molar-refractivity contribution in [3.8, 4) is 11.3 Å². The van der Waals surface area contributed by atoms with E-state index in [-0.39, 0.29) is 29.5 Å². The van der Waals surface area contributed by atoms with Gasteiger partial charge in [0.15, 0.2) is 0 Å². The molecule has 7 rings (SSSR count). The van der Waals surface area contributed by atoms with Crippen molar-refractivity contribution in [3.63, 3.8) is 0 Å². The number of ketones is 1. The van der Waals surface area contributed by atoms with Crippen molar-refractivity contribution >= 4 is 16.8 Å². The van der Waals surface area contributed by atoms with Crippen molar-refractivity contribution in [1.82, 2.24) is 14.9 Å². The van der Waals surface area contributed by atoms with E-state index in [0.717, 1.165) is 40.1 Å². The van der Waals surface area contributed by atoms with Crippen LogP contribution in [0.5, 0.6) is 0 Å². The van der Waals surface area contributed by atoms with Gasteiger partial charge in [0, 0.05) is 18.0 Å². The molecule has 2 heterocycles. The second kappa shape index (κ2) is 7.18. The van der Waals surface area contributed by atoms with Crippen LogP contribution in [0.2, 0.25) is 0 Å². The van der Waals surface area contributed by atoms with Gasteiger partial charge in [-0.1, -0.05) is 85.0 Å². The molecular formula is C30H25N3O. The lowest BCUT2D eigenvalue weighted by atomic mass is 9.67. The van der Waals surface area contributed by atoms with E-state index < -0.39 is 5.54 Å². The second-order valence-electron chi connectivity index (χ2n) is 9.79. The number of likely N-dealkylation sites (tertiary alicyclic amines) is 1. The first-order chi connectivity index (χ1) is 16.7. The number of Topliss-reactive ketones (excluding diaryl/α,β-unsaturated/α-hetero) is 1. The van der Waals surface area contributed by atoms with Gasteiger partial charge in [-0.3, -0.25) is 9.69 Å². The van der Waals surface area contributed by atoms with Crippen LogP contribution in [0.25, 0.3) is 22.3 Å². The quantitative estimate of drug-likeness (QED) is 0.566. The predicted octanol–water partition coefficient (Wildman–Crippen LogP) is 5.09. The molecule has 0 N–H and O–H groups in total. The van der Waals surface area contributed by atoms with Crippen LogP contribution in [0.4, 0.5) is 0 Å². The first-order valence-electron chi connectivity index (χ1n) is 12.0. The van der Waals surface area contributed by atoms with E-state index in [1.165, 1.54) is 0 Å². The molecule has 2 aromatic carbocycles. The van der Waals surface area contributed by atoms with Gasteiger partial charge in [-0.05, 0) is 30.7 Å². The van der Waals surface area contributed by atoms with Crippen LogP contribution in [-0.4, -0.2) is 34.2 Å². The van der Waals surface area contributed by atoms with E-state index in [0.29, 0.717) is 0 Å². The maximum Gasteiger partial charge on any atom is 0.149 e. The second-order valence-corrected chi connectivity index (χ2v) is 9.79. The lowest BCUT2D eigenvalue weighted by Crippen LogP contribution is -2.48. The predicted molar refractivity (Wildman–Crippen MR) is 134 cm³/mol. The molecule has 0 amide bonds. The molecule has 0 bridgehead atoms. The van der Waals surface area contributed by atoms with Gasteiger partial charge < -0.3 is 0 Å². The maximum atomic E-state index is 14.4. The molecular weight excluding hydrogens is 418 g/mol. The number of hydrogen-bond donors (Lipinski definition) is 0. The molecule has 3 atom stereocenters. The number of hydrogen-bond acceptors (Lipinski definition) is 4. The molecule has 1 aromatic heterocycles. The van der Waals surface area contributed by atoms with Crippen LogP contribution >= 0.6 is 0 Å². The fourth-order valence-electron chi connectivity index (χ4n) is 6.74. The van der Waals surface area contributed by atoms with Gasteiger partial charge in [-0.2, -0.15) is 0 Å². The summed E-state index contributed by atoms with van der Waals surface area (Å²) in [6.45, 7) is 0.818. The molecule has 4 aliphatic rings. The van der Waals surface area contributed by atoms with Gasteiger partial charge in [0.25, 0.3) is 0 Å². The minimum atomic E-state index is -0.640. The molecule has 166 valence electrons. The minimum absolute atomic E-state index is 0.155. The number of carbonyl (C=O) groups is 1. The van der Waals surface area contributed by atoms with Crippen LogP contribution in [0.15, 0.2) is 97.1 Å². The van der Waals surface area contributed by atoms with Gasteiger partial charge in [-0.25, -0.2) is 9.97 Å². The van der Waals surface area contributed by atoms with Gasteiger partial charge in [0.1, 0.15) is 11.3 Å². The molecule has 0 radical (unpaired) electrons. The van der Waals surface area contributed by atoms with Crippen LogP contribution in [0, 0.1) is 23.7 Å². The Labute approximate surface area is 199 Å². The molecule has 1 fully saturated rings. The number of aromatic nitrogens is 2. The zero-order valence-electron chi connectivity index (χ0n) is 19.0. The first-order valence-corrected chi connectivity index (χ1v) is 12.0. The average molecular weight is 444 g/mol. The van der Waals surface area contributed by atoms with E-state index in [4.69, 9.17) is 9.97 Å². The zero-order chi connectivity index (χ0) is 22.9. The van der Waals surface area contributed by atoms with Crippen molar-refractivity contribution in [2.24, 2.45) is 23.7 Å². The van der Waals surface area contributed by atoms with Gasteiger partial charge in [0.2, 0.25) is 0 Å². The highest BCUT2D eigenvalue weighted by molar-refractivity contribution is 5.93. The summed E-state index contributed by atoms with van der Waals surface area (Å²) in [6.07, 6.45) is 16.7. The monoisotopic (exact) mass is 443 g/mol. The SMILES string of the molecule is CN1C[C@H](C2C=CC=C2)[C@@H](C(=O)C2C=CC=C2)[C@]12c1ccccc1-c1nc3ccccc3nc12. The molecule has 0 unspecified atom stereocenters. The highest BCUT2D eigenvalue weighted by atomic mass is 16.1. The normalized spacial score (nSPS) is 27.4. The standard InChI is InChI=1S/C30H25N3O/c1-33-18-22(19-10-2-3-11-19)26(28(34)20-12-4-5-13-20)30(33)23-15-7-6-14-21(23)27-29(30)32-25-17-9-8-16-24(25)31-27/h2-17,19-20,22,26H,18H2,1H3/t22-,26+,30+/m1/s1. The lowest BCUT2D eigenvalue weighted by Gasteiger charge is -2.39. The molecule has 1 spiro atoms. The third-order valence-corrected chi connectivity index (χ3v) is 8.14. The summed E-state index contributed by atoms with van der Waals surface area (Å²) in [5.74, 6) is 0.211. The van der Waals surface area contributed by atoms with Crippen molar-refractivity contribution < 1.29 is 4.79 Å². The molecule has 3 aliphatic carbocycles. The Morgan fingerprint density at radius 3 is 2.29 bits per heavy atom. The third kappa shape index (κ3) is 2.49. The Hall–Kier alpha value is -3.63. The lowest BCUT2D eigenvalue weighted by molar-refractivity contribution is -0.127. The van der Waals surface area contributed by atoms with Gasteiger partial charge in [0.05, 0.1) is 34.3 Å². The Bertz CT molecular complexity index is 1440. The minimum Gasteiger partial charge on any atom is -0.298 e. The summed E-state index contributed by atoms with van der Waals surface area (Å²) < 4.78 is 0. The van der Waals surface area contributed by atoms with E-state index >= 15 is 0 Å². The topological polar surface area (TPSA) is 46.1 Å². The number of para-hydroxylation sites is 2. The zero-order valence-corrected chi connectivity index (χ0v) is 19.0. The summed E-state index contributed by atoms with van der Waals surface area (Å²) in [6, 6.07) is 16.5. The number of rotatable bonds is 3. The summed E-state index contributed by atoms with van der Waals surface area (Å²) in [5.41, 5.74) is 5.20. The molecule has 0 saturated carbocycles. The Balaban J connectivity index is 1.53. The fraction of sp³-hybridized carbons (Fsp3) is 0.233. The summed E-state index contributed by atoms with van der Waals surface area (Å²) in [5, 5.41) is 0. The molecule has 1 aliphatic heterocycles. The van der Waals surface area contributed by atoms with Crippen LogP contribution in [0.3, 0.4) is 0 Å². The Morgan fingerprint density at radius 1 is 0.882 bits per heavy atom. The number of fused-ring (bicyclic) bond motifs is 6. The van der Waals surface area contributed by atoms with Crippen molar-refractivity contribution in [3.05, 3.63) is 108 Å². The number of nitrogens with zero attached hydrogens (tertiary/aromatic N) is 3. The number of carbonyl (C=O) groups excluding carboxylic acids is 1. The third-order valence-electron chi connectivity index (χ3n) is 8.14. The smallest absolute Gasteiger partial charge is 0.149 e. The highest BCUT2D eigenvalue weighted by Crippen LogP contribution is 2.60. The van der Waals surface area contributed by atoms with Crippen molar-refractivity contribution in [1.29, 1.82) is 0 Å². The first kappa shape index (κ1) is 19.8. The largest absolute Gasteiger partial charge is 0.298 e. The number of allylic oxidation sites excluding steroid dienone is 8. The molecule has 3 aromatic rings. The van der Waals surface area contributed by atoms with E-state index in [1.807, 2.05) is 48.6 Å². The molecule has 34 heavy (non-hydrogen) atoms. The summed E-state index contributed by atoms with van der Waals surface area (Å²) in [7, 11) is 2.16. The van der Waals surface area contributed by atoms with E-state index in [1.54, 1.807) is 0 Å². The van der Waals surface area contributed by atoms with Crippen LogP contribution in [-0.2, 0) is 10.3 Å². The van der Waals surface area contributed by atoms with E-state index in [2.05, 4.69) is 60.5 Å². The van der Waals surface area contributed by atoms with E-state index in [9.17, 15) is 4.79 Å². The Morgan fingerprint density at radius 2 is 1.53 bits per heavy atom. The van der Waals surface area contributed by atoms with Crippen molar-refractivity contribution in [2.75, 3.05) is 13.6 Å². The fourth-order valence-corrected chi connectivity index (χ4v) is 6.74. The number of benzene rings is 2. The van der Waals surface area contributed by atoms with Crippen LogP contribution in [0.1, 0.15) is 11.3 Å². The summed E-state index contributed by atoms with van der Waals surface area (Å²) in [4.78, 5) is 27.1. The van der Waals surface area contributed by atoms with Gasteiger partial charge >= 0.3 is 0 Å². The Kier molecular flexibility index (Phi) is 4.18.